The molecule has 0 aromatic heterocycles. The lowest BCUT2D eigenvalue weighted by Crippen LogP contribution is -2.22. The van der Waals surface area contributed by atoms with Crippen LogP contribution >= 0.6 is 0 Å². The fraction of sp³-hybridized carbons (Fsp3) is 0.455. The van der Waals surface area contributed by atoms with Gasteiger partial charge in [0.2, 0.25) is 0 Å². The first-order valence-electron chi connectivity index (χ1n) is 4.37. The van der Waals surface area contributed by atoms with Crippen molar-refractivity contribution >= 4 is 0 Å². The van der Waals surface area contributed by atoms with Gasteiger partial charge in [-0.1, -0.05) is 18.2 Å². The molecule has 0 saturated carbocycles. The molecule has 0 amide bonds. The standard InChI is InChI=1S/C11H16O2/c1-11(2,12)8-9-6-4-5-7-10(9)13-3/h4-7,12H,8H2,1-3H3. The summed E-state index contributed by atoms with van der Waals surface area (Å²) in [5, 5.41) is 9.64. The highest BCUT2D eigenvalue weighted by atomic mass is 16.5. The summed E-state index contributed by atoms with van der Waals surface area (Å²) in [5.74, 6) is 0.838. The van der Waals surface area contributed by atoms with Gasteiger partial charge in [-0.15, -0.1) is 0 Å². The third kappa shape index (κ3) is 3.07. The van der Waals surface area contributed by atoms with Crippen molar-refractivity contribution in [1.29, 1.82) is 0 Å². The molecule has 0 atom stereocenters. The van der Waals surface area contributed by atoms with Crippen LogP contribution in [-0.4, -0.2) is 17.8 Å². The van der Waals surface area contributed by atoms with Gasteiger partial charge in [0.1, 0.15) is 5.75 Å². The maximum absolute atomic E-state index is 9.64. The largest absolute Gasteiger partial charge is 0.496 e. The zero-order chi connectivity index (χ0) is 9.90. The number of hydrogen-bond acceptors (Lipinski definition) is 2. The van der Waals surface area contributed by atoms with E-state index in [9.17, 15) is 5.11 Å². The Morgan fingerprint density at radius 3 is 2.46 bits per heavy atom. The maximum Gasteiger partial charge on any atom is 0.122 e. The Hall–Kier alpha value is -1.02. The van der Waals surface area contributed by atoms with E-state index < -0.39 is 5.60 Å². The van der Waals surface area contributed by atoms with Crippen LogP contribution in [0.5, 0.6) is 5.75 Å². The highest BCUT2D eigenvalue weighted by Gasteiger charge is 2.15. The van der Waals surface area contributed by atoms with Gasteiger partial charge >= 0.3 is 0 Å². The van der Waals surface area contributed by atoms with Gasteiger partial charge in [-0.3, -0.25) is 0 Å². The highest BCUT2D eigenvalue weighted by molar-refractivity contribution is 5.34. The van der Waals surface area contributed by atoms with Crippen molar-refractivity contribution < 1.29 is 9.84 Å². The van der Waals surface area contributed by atoms with Crippen molar-refractivity contribution in [1.82, 2.24) is 0 Å². The molecule has 2 nitrogen and oxygen atoms in total. The molecule has 1 aromatic rings. The van der Waals surface area contributed by atoms with Crippen LogP contribution in [0, 0.1) is 0 Å². The molecular weight excluding hydrogens is 164 g/mol. The molecule has 0 fully saturated rings. The van der Waals surface area contributed by atoms with Gasteiger partial charge in [0.05, 0.1) is 12.7 Å². The predicted octanol–water partition coefficient (Wildman–Crippen LogP) is 2.01. The number of aliphatic hydroxyl groups is 1. The number of rotatable bonds is 3. The molecule has 0 spiro atoms. The summed E-state index contributed by atoms with van der Waals surface area (Å²) in [6.45, 7) is 3.58. The van der Waals surface area contributed by atoms with Crippen molar-refractivity contribution in [3.05, 3.63) is 29.8 Å². The Morgan fingerprint density at radius 2 is 1.92 bits per heavy atom. The van der Waals surface area contributed by atoms with Crippen molar-refractivity contribution in [3.63, 3.8) is 0 Å². The minimum absolute atomic E-state index is 0.608. The van der Waals surface area contributed by atoms with Crippen molar-refractivity contribution in [3.8, 4) is 5.75 Å². The number of hydrogen-bond donors (Lipinski definition) is 1. The average molecular weight is 180 g/mol. The second-order valence-corrected chi connectivity index (χ2v) is 3.80. The first-order chi connectivity index (χ1) is 6.03. The number of benzene rings is 1. The van der Waals surface area contributed by atoms with E-state index >= 15 is 0 Å². The van der Waals surface area contributed by atoms with E-state index in [2.05, 4.69) is 0 Å². The molecule has 0 aliphatic carbocycles. The molecule has 0 heterocycles. The highest BCUT2D eigenvalue weighted by Crippen LogP contribution is 2.22. The molecule has 2 heteroatoms. The third-order valence-corrected chi connectivity index (χ3v) is 1.82. The molecule has 0 aliphatic rings. The van der Waals surface area contributed by atoms with Crippen LogP contribution in [0.3, 0.4) is 0 Å². The minimum atomic E-state index is -0.686. The van der Waals surface area contributed by atoms with E-state index in [1.807, 2.05) is 24.3 Å². The lowest BCUT2D eigenvalue weighted by Gasteiger charge is -2.18. The SMILES string of the molecule is COc1ccccc1CC(C)(C)O. The molecule has 72 valence electrons. The minimum Gasteiger partial charge on any atom is -0.496 e. The molecule has 0 bridgehead atoms. The van der Waals surface area contributed by atoms with E-state index in [0.717, 1.165) is 11.3 Å². The van der Waals surface area contributed by atoms with Gasteiger partial charge in [0, 0.05) is 6.42 Å². The first-order valence-corrected chi connectivity index (χ1v) is 4.37. The molecule has 0 unspecified atom stereocenters. The smallest absolute Gasteiger partial charge is 0.122 e. The second kappa shape index (κ2) is 3.79. The van der Waals surface area contributed by atoms with Crippen molar-refractivity contribution in [2.75, 3.05) is 7.11 Å². The molecule has 0 radical (unpaired) electrons. The van der Waals surface area contributed by atoms with Crippen LogP contribution in [0.2, 0.25) is 0 Å². The maximum atomic E-state index is 9.64. The molecule has 13 heavy (non-hydrogen) atoms. The van der Waals surface area contributed by atoms with Gasteiger partial charge in [-0.2, -0.15) is 0 Å². The Balaban J connectivity index is 2.87. The van der Waals surface area contributed by atoms with Crippen LogP contribution in [0.1, 0.15) is 19.4 Å². The first kappa shape index (κ1) is 10.1. The van der Waals surface area contributed by atoms with Crippen LogP contribution in [-0.2, 0) is 6.42 Å². The Bertz CT molecular complexity index is 274. The number of methoxy groups -OCH3 is 1. The lowest BCUT2D eigenvalue weighted by molar-refractivity contribution is 0.0803. The van der Waals surface area contributed by atoms with Gasteiger partial charge < -0.3 is 9.84 Å². The van der Waals surface area contributed by atoms with E-state index in [4.69, 9.17) is 4.74 Å². The van der Waals surface area contributed by atoms with E-state index in [1.54, 1.807) is 21.0 Å². The summed E-state index contributed by atoms with van der Waals surface area (Å²) in [7, 11) is 1.64. The van der Waals surface area contributed by atoms with Crippen LogP contribution in [0.4, 0.5) is 0 Å². The normalized spacial score (nSPS) is 11.4. The molecular formula is C11H16O2. The zero-order valence-corrected chi connectivity index (χ0v) is 8.37. The Morgan fingerprint density at radius 1 is 1.31 bits per heavy atom. The monoisotopic (exact) mass is 180 g/mol. The van der Waals surface area contributed by atoms with Gasteiger partial charge in [0.25, 0.3) is 0 Å². The van der Waals surface area contributed by atoms with Crippen LogP contribution in [0.25, 0.3) is 0 Å². The van der Waals surface area contributed by atoms with E-state index in [1.165, 1.54) is 0 Å². The summed E-state index contributed by atoms with van der Waals surface area (Å²) in [6, 6.07) is 7.74. The third-order valence-electron chi connectivity index (χ3n) is 1.82. The van der Waals surface area contributed by atoms with Crippen LogP contribution < -0.4 is 4.74 Å². The van der Waals surface area contributed by atoms with Gasteiger partial charge in [-0.25, -0.2) is 0 Å². The summed E-state index contributed by atoms with van der Waals surface area (Å²) >= 11 is 0. The van der Waals surface area contributed by atoms with E-state index in [0.29, 0.717) is 6.42 Å². The summed E-state index contributed by atoms with van der Waals surface area (Å²) < 4.78 is 5.18. The zero-order valence-electron chi connectivity index (χ0n) is 8.37. The molecule has 0 saturated heterocycles. The Labute approximate surface area is 79.2 Å². The summed E-state index contributed by atoms with van der Waals surface area (Å²) in [6.07, 6.45) is 0.608. The quantitative estimate of drug-likeness (QED) is 0.771. The summed E-state index contributed by atoms with van der Waals surface area (Å²) in [5.41, 5.74) is 0.353. The van der Waals surface area contributed by atoms with Crippen LogP contribution in [0.15, 0.2) is 24.3 Å². The summed E-state index contributed by atoms with van der Waals surface area (Å²) in [4.78, 5) is 0. The Kier molecular flexibility index (Phi) is 2.94. The topological polar surface area (TPSA) is 29.5 Å². The lowest BCUT2D eigenvalue weighted by atomic mass is 9.98. The fourth-order valence-corrected chi connectivity index (χ4v) is 1.32. The van der Waals surface area contributed by atoms with Gasteiger partial charge in [0.15, 0.2) is 0 Å². The van der Waals surface area contributed by atoms with Crippen molar-refractivity contribution in [2.45, 2.75) is 25.9 Å². The number of ether oxygens (including phenoxy) is 1. The molecule has 0 aliphatic heterocycles. The van der Waals surface area contributed by atoms with Crippen molar-refractivity contribution in [2.24, 2.45) is 0 Å². The predicted molar refractivity (Wildman–Crippen MR) is 53.0 cm³/mol. The molecule has 1 rings (SSSR count). The average Bonchev–Trinajstić information content (AvgIpc) is 2.02. The molecule has 1 N–H and O–H groups in total. The molecule has 1 aromatic carbocycles. The second-order valence-electron chi connectivity index (χ2n) is 3.80. The van der Waals surface area contributed by atoms with Gasteiger partial charge in [-0.05, 0) is 25.5 Å². The number of para-hydroxylation sites is 1. The fourth-order valence-electron chi connectivity index (χ4n) is 1.32. The van der Waals surface area contributed by atoms with E-state index in [-0.39, 0.29) is 0 Å².